The van der Waals surface area contributed by atoms with Crippen molar-refractivity contribution >= 4 is 23.0 Å². The largest absolute Gasteiger partial charge is 0.394 e. The number of hydrogen-bond donors (Lipinski definition) is 7. The number of nitrogens with zero attached hydrogens (tertiary/aromatic N) is 3. The Balaban J connectivity index is 1.82. The summed E-state index contributed by atoms with van der Waals surface area (Å²) >= 11 is 0. The molecule has 1 fully saturated rings. The van der Waals surface area contributed by atoms with Crippen molar-refractivity contribution in [2.24, 2.45) is 0 Å². The van der Waals surface area contributed by atoms with Gasteiger partial charge in [-0.3, -0.25) is 14.6 Å². The van der Waals surface area contributed by atoms with Crippen LogP contribution in [0.15, 0.2) is 11.0 Å². The Morgan fingerprint density at radius 1 is 1.39 bits per heavy atom. The molecule has 1 aliphatic rings. The molecule has 14 nitrogen and oxygen atoms in total. The first kappa shape index (κ1) is 22.9. The molecule has 3 rings (SSSR count). The summed E-state index contributed by atoms with van der Waals surface area (Å²) in [5, 5.41) is 42.8. The smallest absolute Gasteiger partial charge is 0.280 e. The zero-order chi connectivity index (χ0) is 22.9. The van der Waals surface area contributed by atoms with E-state index in [0.29, 0.717) is 0 Å². The second kappa shape index (κ2) is 9.17. The van der Waals surface area contributed by atoms with Gasteiger partial charge in [0.25, 0.3) is 5.56 Å². The summed E-state index contributed by atoms with van der Waals surface area (Å²) in [5.41, 5.74) is 4.67. The van der Waals surface area contributed by atoms with Gasteiger partial charge in [-0.05, 0) is 6.92 Å². The van der Waals surface area contributed by atoms with Gasteiger partial charge in [0.2, 0.25) is 11.9 Å². The molecular weight excluding hydrogens is 416 g/mol. The highest BCUT2D eigenvalue weighted by atomic mass is 16.7. The van der Waals surface area contributed by atoms with Crippen LogP contribution in [0.5, 0.6) is 0 Å². The average Bonchev–Trinajstić information content (AvgIpc) is 2.72. The molecule has 0 unspecified atom stereocenters. The molecule has 1 saturated heterocycles. The molecule has 31 heavy (non-hydrogen) atoms. The van der Waals surface area contributed by atoms with Crippen molar-refractivity contribution in [3.05, 3.63) is 22.2 Å². The van der Waals surface area contributed by atoms with Gasteiger partial charge in [-0.1, -0.05) is 0 Å². The third kappa shape index (κ3) is 4.79. The number of nitrogens with two attached hydrogens (primary N) is 1. The maximum Gasteiger partial charge on any atom is 0.280 e. The maximum absolute atomic E-state index is 12.0. The number of hydrogen-bond acceptors (Lipinski definition) is 12. The zero-order valence-electron chi connectivity index (χ0n) is 16.7. The number of rotatable bonds is 6. The van der Waals surface area contributed by atoms with E-state index in [1.807, 2.05) is 0 Å². The van der Waals surface area contributed by atoms with Crippen molar-refractivity contribution in [2.75, 3.05) is 12.3 Å². The van der Waals surface area contributed by atoms with Gasteiger partial charge in [0, 0.05) is 6.92 Å². The van der Waals surface area contributed by atoms with Crippen molar-refractivity contribution < 1.29 is 34.7 Å². The summed E-state index contributed by atoms with van der Waals surface area (Å²) in [6, 6.07) is -1.18. The summed E-state index contributed by atoms with van der Waals surface area (Å²) in [6.45, 7) is 2.05. The van der Waals surface area contributed by atoms with Gasteiger partial charge in [-0.15, -0.1) is 0 Å². The lowest BCUT2D eigenvalue weighted by Crippen LogP contribution is -2.65. The van der Waals surface area contributed by atoms with E-state index < -0.39 is 60.9 Å². The Hall–Kier alpha value is -2.75. The van der Waals surface area contributed by atoms with E-state index >= 15 is 0 Å². The highest BCUT2D eigenvalue weighted by Gasteiger charge is 2.46. The number of nitrogen functional groups attached to an aromatic ring is 1. The molecule has 1 aliphatic heterocycles. The first-order valence-electron chi connectivity index (χ1n) is 9.38. The Morgan fingerprint density at radius 3 is 2.74 bits per heavy atom. The molecule has 0 spiro atoms. The fourth-order valence-corrected chi connectivity index (χ4v) is 3.20. The number of aliphatic hydroxyl groups excluding tert-OH is 4. The molecule has 3 heterocycles. The quantitative estimate of drug-likeness (QED) is 0.234. The van der Waals surface area contributed by atoms with E-state index in [1.54, 1.807) is 0 Å². The monoisotopic (exact) mass is 440 g/mol. The van der Waals surface area contributed by atoms with Crippen molar-refractivity contribution in [3.8, 4) is 0 Å². The lowest BCUT2D eigenvalue weighted by molar-refractivity contribution is -0.287. The Morgan fingerprint density at radius 2 is 2.10 bits per heavy atom. The fraction of sp³-hybridized carbons (Fsp3) is 0.588. The van der Waals surface area contributed by atoms with Crippen LogP contribution in [0.2, 0.25) is 0 Å². The van der Waals surface area contributed by atoms with Gasteiger partial charge in [0.1, 0.15) is 30.5 Å². The Bertz CT molecular complexity index is 1000. The van der Waals surface area contributed by atoms with E-state index in [9.17, 15) is 30.0 Å². The number of aromatic amines is 1. The predicted octanol–water partition coefficient (Wildman–Crippen LogP) is -3.32. The normalized spacial score (nSPS) is 28.3. The molecule has 170 valence electrons. The van der Waals surface area contributed by atoms with Gasteiger partial charge < -0.3 is 41.0 Å². The second-order valence-corrected chi connectivity index (χ2v) is 7.14. The SMILES string of the molecule is CC(=O)N[C@H]1[C@H](O[C@@H](C)[C@@H](O)c2cnc3nc(N)[nH]c(=O)c3n2)O[C@H](CO)[C@@H](O)[C@@H]1O. The van der Waals surface area contributed by atoms with Gasteiger partial charge in [0.15, 0.2) is 17.5 Å². The van der Waals surface area contributed by atoms with Gasteiger partial charge >= 0.3 is 0 Å². The van der Waals surface area contributed by atoms with E-state index in [2.05, 4.69) is 25.3 Å². The van der Waals surface area contributed by atoms with Crippen molar-refractivity contribution in [3.63, 3.8) is 0 Å². The third-order valence-corrected chi connectivity index (χ3v) is 4.80. The van der Waals surface area contributed by atoms with E-state index in [0.717, 1.165) is 0 Å². The highest BCUT2D eigenvalue weighted by Crippen LogP contribution is 2.26. The number of carbonyl (C=O) groups is 1. The summed E-state index contributed by atoms with van der Waals surface area (Å²) in [7, 11) is 0. The average molecular weight is 440 g/mol. The minimum absolute atomic E-state index is 0.00462. The molecule has 2 aromatic rings. The number of nitrogens with one attached hydrogen (secondary N) is 2. The number of H-pyrrole nitrogens is 1. The van der Waals surface area contributed by atoms with Crippen LogP contribution in [0, 0.1) is 0 Å². The molecule has 7 atom stereocenters. The van der Waals surface area contributed by atoms with E-state index in [-0.39, 0.29) is 22.8 Å². The number of ether oxygens (including phenoxy) is 2. The number of amides is 1. The Kier molecular flexibility index (Phi) is 6.78. The van der Waals surface area contributed by atoms with E-state index in [4.69, 9.17) is 15.2 Å². The highest BCUT2D eigenvalue weighted by molar-refractivity contribution is 5.73. The third-order valence-electron chi connectivity index (χ3n) is 4.80. The summed E-state index contributed by atoms with van der Waals surface area (Å²) in [5.74, 6) is -0.648. The van der Waals surface area contributed by atoms with Crippen molar-refractivity contribution in [2.45, 2.75) is 56.7 Å². The number of aliphatic hydroxyl groups is 4. The van der Waals surface area contributed by atoms with Crippen LogP contribution < -0.4 is 16.6 Å². The number of carbonyl (C=O) groups excluding carboxylic acids is 1. The predicted molar refractivity (Wildman–Crippen MR) is 103 cm³/mol. The molecule has 0 bridgehead atoms. The molecule has 0 saturated carbocycles. The minimum atomic E-state index is -1.50. The van der Waals surface area contributed by atoms with Gasteiger partial charge in [-0.2, -0.15) is 4.98 Å². The van der Waals surface area contributed by atoms with Crippen LogP contribution >= 0.6 is 0 Å². The molecule has 0 radical (unpaired) electrons. The topological polar surface area (TPSA) is 226 Å². The van der Waals surface area contributed by atoms with Crippen LogP contribution in [0.4, 0.5) is 5.95 Å². The maximum atomic E-state index is 12.0. The minimum Gasteiger partial charge on any atom is -0.394 e. The van der Waals surface area contributed by atoms with Crippen LogP contribution in [0.25, 0.3) is 11.2 Å². The van der Waals surface area contributed by atoms with Crippen LogP contribution in [0.3, 0.4) is 0 Å². The first-order valence-corrected chi connectivity index (χ1v) is 9.38. The fourth-order valence-electron chi connectivity index (χ4n) is 3.20. The molecule has 1 amide bonds. The second-order valence-electron chi connectivity index (χ2n) is 7.14. The lowest BCUT2D eigenvalue weighted by Gasteiger charge is -2.43. The molecular formula is C17H24N6O8. The first-order chi connectivity index (χ1) is 14.6. The molecule has 0 aromatic carbocycles. The van der Waals surface area contributed by atoms with Crippen LogP contribution in [-0.4, -0.2) is 89.6 Å². The van der Waals surface area contributed by atoms with Crippen LogP contribution in [-0.2, 0) is 14.3 Å². The molecule has 0 aliphatic carbocycles. The lowest BCUT2D eigenvalue weighted by atomic mass is 9.96. The summed E-state index contributed by atoms with van der Waals surface area (Å²) < 4.78 is 11.1. The Labute approximate surface area is 175 Å². The molecule has 2 aromatic heterocycles. The summed E-state index contributed by atoms with van der Waals surface area (Å²) in [6.07, 6.45) is -6.70. The van der Waals surface area contributed by atoms with E-state index in [1.165, 1.54) is 20.0 Å². The number of anilines is 1. The summed E-state index contributed by atoms with van der Waals surface area (Å²) in [4.78, 5) is 37.7. The van der Waals surface area contributed by atoms with Crippen molar-refractivity contribution in [1.29, 1.82) is 0 Å². The van der Waals surface area contributed by atoms with Crippen LogP contribution in [0.1, 0.15) is 25.6 Å². The number of aromatic nitrogens is 4. The number of fused-ring (bicyclic) bond motifs is 1. The standard InChI is InChI=1S/C17H24N6O8/c1-5(11(26)7-3-19-14-10(21-7)15(29)23-17(18)22-14)30-16-9(20-6(2)25)13(28)12(27)8(4-24)31-16/h3,5,8-9,11-13,16,24,26-28H,4H2,1-2H3,(H,20,25)(H3,18,19,22,23,29)/t5-,8+,9+,11+,12+,13+,16+/m0/s1. The zero-order valence-corrected chi connectivity index (χ0v) is 16.7. The molecule has 14 heteroatoms. The van der Waals surface area contributed by atoms with Crippen molar-refractivity contribution in [1.82, 2.24) is 25.3 Å². The van der Waals surface area contributed by atoms with Gasteiger partial charge in [0.05, 0.1) is 24.6 Å². The molecule has 8 N–H and O–H groups in total. The van der Waals surface area contributed by atoms with Gasteiger partial charge in [-0.25, -0.2) is 9.97 Å².